The van der Waals surface area contributed by atoms with E-state index in [0.717, 1.165) is 60.6 Å². The van der Waals surface area contributed by atoms with Crippen LogP contribution >= 0.6 is 0 Å². The van der Waals surface area contributed by atoms with Gasteiger partial charge in [-0.3, -0.25) is 10.00 Å². The van der Waals surface area contributed by atoms with E-state index in [9.17, 15) is 4.39 Å². The van der Waals surface area contributed by atoms with Crippen LogP contribution in [0, 0.1) is 5.82 Å². The fourth-order valence-electron chi connectivity index (χ4n) is 4.06. The lowest BCUT2D eigenvalue weighted by Gasteiger charge is -2.32. The van der Waals surface area contributed by atoms with Crippen LogP contribution in [-0.4, -0.2) is 41.8 Å². The Balaban J connectivity index is 1.44. The number of ether oxygens (including phenoxy) is 1. The molecule has 0 bridgehead atoms. The van der Waals surface area contributed by atoms with Crippen LogP contribution in [0.25, 0.3) is 17.2 Å². The van der Waals surface area contributed by atoms with E-state index >= 15 is 0 Å². The van der Waals surface area contributed by atoms with Crippen LogP contribution in [-0.2, 0) is 0 Å². The molecule has 1 aliphatic heterocycles. The molecule has 1 atom stereocenters. The summed E-state index contributed by atoms with van der Waals surface area (Å²) in [6.07, 6.45) is 8.46. The number of rotatable bonds is 6. The molecule has 0 spiro atoms. The smallest absolute Gasteiger partial charge is 0.126 e. The van der Waals surface area contributed by atoms with Gasteiger partial charge in [0.15, 0.2) is 0 Å². The zero-order valence-electron chi connectivity index (χ0n) is 16.6. The fraction of sp³-hybridized carbons (Fsp3) is 0.292. The van der Waals surface area contributed by atoms with E-state index in [-0.39, 0.29) is 5.82 Å². The minimum Gasteiger partial charge on any atom is -0.496 e. The highest BCUT2D eigenvalue weighted by Gasteiger charge is 2.24. The van der Waals surface area contributed by atoms with Gasteiger partial charge in [0.25, 0.3) is 0 Å². The van der Waals surface area contributed by atoms with E-state index in [1.54, 1.807) is 7.11 Å². The summed E-state index contributed by atoms with van der Waals surface area (Å²) in [5, 5.41) is 7.48. The summed E-state index contributed by atoms with van der Waals surface area (Å²) in [6, 6.07) is 14.7. The fourth-order valence-corrected chi connectivity index (χ4v) is 4.06. The number of hydrogen-bond acceptors (Lipinski definition) is 3. The van der Waals surface area contributed by atoms with Crippen LogP contribution in [0.3, 0.4) is 0 Å². The van der Waals surface area contributed by atoms with Crippen LogP contribution in [0.4, 0.5) is 4.39 Å². The third kappa shape index (κ3) is 4.57. The number of nitrogens with zero attached hydrogens (tertiary/aromatic N) is 2. The molecule has 0 radical (unpaired) electrons. The van der Waals surface area contributed by atoms with Crippen molar-refractivity contribution in [1.29, 1.82) is 0 Å². The van der Waals surface area contributed by atoms with Crippen LogP contribution in [0.15, 0.2) is 60.8 Å². The van der Waals surface area contributed by atoms with Crippen molar-refractivity contribution in [2.75, 3.05) is 26.7 Å². The highest BCUT2D eigenvalue weighted by Crippen LogP contribution is 2.33. The summed E-state index contributed by atoms with van der Waals surface area (Å²) in [5.41, 5.74) is 4.32. The summed E-state index contributed by atoms with van der Waals surface area (Å²) < 4.78 is 18.7. The first-order valence-corrected chi connectivity index (χ1v) is 10.1. The molecule has 0 unspecified atom stereocenters. The number of aromatic amines is 1. The SMILES string of the molecule is COc1ccccc1/C=C/CN1CCC[C@@H](c2[nH]ncc2-c2ccc(F)cc2)C1. The van der Waals surface area contributed by atoms with E-state index < -0.39 is 0 Å². The van der Waals surface area contributed by atoms with Gasteiger partial charge in [0.05, 0.1) is 13.3 Å². The van der Waals surface area contributed by atoms with Crippen LogP contribution in [0.2, 0.25) is 0 Å². The van der Waals surface area contributed by atoms with E-state index in [0.29, 0.717) is 5.92 Å². The third-order valence-electron chi connectivity index (χ3n) is 5.54. The highest BCUT2D eigenvalue weighted by atomic mass is 19.1. The maximum atomic E-state index is 13.3. The first-order valence-electron chi connectivity index (χ1n) is 10.1. The van der Waals surface area contributed by atoms with Crippen molar-refractivity contribution in [3.8, 4) is 16.9 Å². The Morgan fingerprint density at radius 3 is 2.86 bits per heavy atom. The Morgan fingerprint density at radius 1 is 1.21 bits per heavy atom. The van der Waals surface area contributed by atoms with E-state index in [1.165, 1.54) is 12.1 Å². The van der Waals surface area contributed by atoms with Crippen molar-refractivity contribution < 1.29 is 9.13 Å². The maximum absolute atomic E-state index is 13.3. The topological polar surface area (TPSA) is 41.1 Å². The predicted molar refractivity (Wildman–Crippen MR) is 114 cm³/mol. The standard InChI is InChI=1S/C24H26FN3O/c1-29-23-9-3-2-6-19(23)7-4-14-28-15-5-8-20(17-28)24-22(16-26-27-24)18-10-12-21(25)13-11-18/h2-4,6-7,9-13,16,20H,5,8,14-15,17H2,1H3,(H,26,27)/b7-4+/t20-/m1/s1. The molecule has 1 saturated heterocycles. The van der Waals surface area contributed by atoms with Crippen molar-refractivity contribution in [3.05, 3.63) is 77.9 Å². The number of H-pyrrole nitrogens is 1. The van der Waals surface area contributed by atoms with Gasteiger partial charge in [0.1, 0.15) is 11.6 Å². The minimum atomic E-state index is -0.218. The number of likely N-dealkylation sites (tertiary alicyclic amines) is 1. The van der Waals surface area contributed by atoms with Crippen LogP contribution in [0.1, 0.15) is 30.0 Å². The second-order valence-electron chi connectivity index (χ2n) is 7.45. The third-order valence-corrected chi connectivity index (χ3v) is 5.54. The molecule has 5 heteroatoms. The lowest BCUT2D eigenvalue weighted by Crippen LogP contribution is -2.34. The lowest BCUT2D eigenvalue weighted by atomic mass is 9.90. The molecule has 4 nitrogen and oxygen atoms in total. The molecule has 1 N–H and O–H groups in total. The quantitative estimate of drug-likeness (QED) is 0.634. The van der Waals surface area contributed by atoms with Crippen molar-refractivity contribution in [2.45, 2.75) is 18.8 Å². The summed E-state index contributed by atoms with van der Waals surface area (Å²) in [6.45, 7) is 2.97. The van der Waals surface area contributed by atoms with Gasteiger partial charge >= 0.3 is 0 Å². The minimum absolute atomic E-state index is 0.218. The number of aromatic nitrogens is 2. The van der Waals surface area contributed by atoms with Gasteiger partial charge in [-0.15, -0.1) is 0 Å². The molecule has 0 amide bonds. The van der Waals surface area contributed by atoms with Gasteiger partial charge in [-0.05, 0) is 43.1 Å². The Bertz CT molecular complexity index is 964. The Morgan fingerprint density at radius 2 is 2.03 bits per heavy atom. The Hall–Kier alpha value is -2.92. The zero-order chi connectivity index (χ0) is 20.1. The average molecular weight is 391 g/mol. The number of halogens is 1. The van der Waals surface area contributed by atoms with Gasteiger partial charge in [-0.1, -0.05) is 42.5 Å². The number of piperidine rings is 1. The maximum Gasteiger partial charge on any atom is 0.126 e. The molecular formula is C24H26FN3O. The first-order chi connectivity index (χ1) is 14.2. The van der Waals surface area contributed by atoms with Crippen molar-refractivity contribution in [2.24, 2.45) is 0 Å². The largest absolute Gasteiger partial charge is 0.496 e. The van der Waals surface area contributed by atoms with Gasteiger partial charge < -0.3 is 4.74 Å². The second kappa shape index (κ2) is 9.05. The molecule has 1 aliphatic rings. The number of methoxy groups -OCH3 is 1. The molecule has 2 heterocycles. The average Bonchev–Trinajstić information content (AvgIpc) is 3.25. The van der Waals surface area contributed by atoms with Crippen LogP contribution < -0.4 is 4.74 Å². The molecule has 0 aliphatic carbocycles. The first kappa shape index (κ1) is 19.4. The Labute approximate surface area is 171 Å². The molecule has 0 saturated carbocycles. The van der Waals surface area contributed by atoms with Gasteiger partial charge in [-0.2, -0.15) is 5.10 Å². The number of hydrogen-bond donors (Lipinski definition) is 1. The van der Waals surface area contributed by atoms with E-state index in [2.05, 4.69) is 33.3 Å². The van der Waals surface area contributed by atoms with Crippen molar-refractivity contribution in [3.63, 3.8) is 0 Å². The predicted octanol–water partition coefficient (Wildman–Crippen LogP) is 5.12. The summed E-state index contributed by atoms with van der Waals surface area (Å²) in [7, 11) is 1.70. The molecule has 3 aromatic rings. The monoisotopic (exact) mass is 391 g/mol. The number of para-hydroxylation sites is 1. The van der Waals surface area contributed by atoms with Gasteiger partial charge in [0, 0.05) is 35.8 Å². The lowest BCUT2D eigenvalue weighted by molar-refractivity contribution is 0.226. The summed E-state index contributed by atoms with van der Waals surface area (Å²) in [5.74, 6) is 1.07. The number of nitrogens with one attached hydrogen (secondary N) is 1. The molecule has 1 aromatic heterocycles. The van der Waals surface area contributed by atoms with E-state index in [1.807, 2.05) is 36.5 Å². The summed E-state index contributed by atoms with van der Waals surface area (Å²) >= 11 is 0. The van der Waals surface area contributed by atoms with Gasteiger partial charge in [0.2, 0.25) is 0 Å². The molecule has 1 fully saturated rings. The van der Waals surface area contributed by atoms with Crippen LogP contribution in [0.5, 0.6) is 5.75 Å². The molecule has 29 heavy (non-hydrogen) atoms. The molecule has 150 valence electrons. The molecule has 4 rings (SSSR count). The highest BCUT2D eigenvalue weighted by molar-refractivity contribution is 5.65. The Kier molecular flexibility index (Phi) is 6.06. The van der Waals surface area contributed by atoms with Gasteiger partial charge in [-0.25, -0.2) is 4.39 Å². The normalized spacial score (nSPS) is 17.7. The second-order valence-corrected chi connectivity index (χ2v) is 7.45. The zero-order valence-corrected chi connectivity index (χ0v) is 16.6. The molecule has 2 aromatic carbocycles. The number of benzene rings is 2. The van der Waals surface area contributed by atoms with E-state index in [4.69, 9.17) is 4.74 Å². The summed E-state index contributed by atoms with van der Waals surface area (Å²) in [4.78, 5) is 2.47. The molecular weight excluding hydrogens is 365 g/mol. The van der Waals surface area contributed by atoms with Crippen molar-refractivity contribution >= 4 is 6.08 Å². The van der Waals surface area contributed by atoms with Crippen molar-refractivity contribution in [1.82, 2.24) is 15.1 Å².